The summed E-state index contributed by atoms with van der Waals surface area (Å²) in [6.07, 6.45) is 2.83. The van der Waals surface area contributed by atoms with Gasteiger partial charge in [0.1, 0.15) is 18.2 Å². The zero-order valence-electron chi connectivity index (χ0n) is 17.6. The minimum absolute atomic E-state index is 0.123. The molecule has 164 valence electrons. The van der Waals surface area contributed by atoms with Crippen LogP contribution in [0.1, 0.15) is 26.0 Å². The van der Waals surface area contributed by atoms with Crippen molar-refractivity contribution in [2.75, 3.05) is 44.2 Å². The van der Waals surface area contributed by atoms with Gasteiger partial charge in [0, 0.05) is 56.7 Å². The van der Waals surface area contributed by atoms with E-state index in [1.165, 1.54) is 12.4 Å². The van der Waals surface area contributed by atoms with Crippen LogP contribution in [0.5, 0.6) is 0 Å². The van der Waals surface area contributed by atoms with E-state index in [1.807, 2.05) is 13.8 Å². The summed E-state index contributed by atoms with van der Waals surface area (Å²) in [6.45, 7) is 8.19. The van der Waals surface area contributed by atoms with Gasteiger partial charge in [-0.3, -0.25) is 10.3 Å². The number of nitrogens with one attached hydrogen (secondary N) is 1. The lowest BCUT2D eigenvalue weighted by molar-refractivity contribution is 0.00230. The van der Waals surface area contributed by atoms with E-state index in [1.54, 1.807) is 12.1 Å². The average Bonchev–Trinajstić information content (AvgIpc) is 2.74. The topological polar surface area (TPSA) is 112 Å². The molecule has 0 amide bonds. The van der Waals surface area contributed by atoms with Gasteiger partial charge in [0.2, 0.25) is 0 Å². The lowest BCUT2D eigenvalue weighted by atomic mass is 9.95. The minimum Gasteiger partial charge on any atom is -0.398 e. The second-order valence-electron chi connectivity index (χ2n) is 7.84. The molecule has 0 radical (unpaired) electrons. The molecule has 2 atom stereocenters. The van der Waals surface area contributed by atoms with Crippen LogP contribution in [-0.4, -0.2) is 83.4 Å². The van der Waals surface area contributed by atoms with Crippen molar-refractivity contribution in [3.8, 4) is 0 Å². The Hall–Kier alpha value is -2.36. The quantitative estimate of drug-likeness (QED) is 0.545. The number of ether oxygens (including phenoxy) is 1. The number of hydrogen-bond acceptors (Lipinski definition) is 8. The van der Waals surface area contributed by atoms with E-state index < -0.39 is 12.3 Å². The Bertz CT molecular complexity index is 804. The second kappa shape index (κ2) is 10.1. The lowest BCUT2D eigenvalue weighted by Gasteiger charge is -2.35. The summed E-state index contributed by atoms with van der Waals surface area (Å²) in [5, 5.41) is 17.6. The fraction of sp³-hybridized carbons (Fsp3) is 0.571. The van der Waals surface area contributed by atoms with Gasteiger partial charge in [-0.05, 0) is 32.4 Å². The average molecular weight is 419 g/mol. The number of halogens is 1. The zero-order chi connectivity index (χ0) is 21.7. The number of allylic oxidation sites excluding steroid dienone is 1. The molecule has 8 nitrogen and oxygen atoms in total. The summed E-state index contributed by atoms with van der Waals surface area (Å²) < 4.78 is 19.9. The fourth-order valence-electron chi connectivity index (χ4n) is 3.65. The summed E-state index contributed by atoms with van der Waals surface area (Å²) in [7, 11) is 0. The molecule has 1 aromatic heterocycles. The van der Waals surface area contributed by atoms with Gasteiger partial charge in [-0.15, -0.1) is 0 Å². The zero-order valence-corrected chi connectivity index (χ0v) is 17.6. The van der Waals surface area contributed by atoms with Gasteiger partial charge in [-0.25, -0.2) is 14.4 Å². The van der Waals surface area contributed by atoms with Crippen LogP contribution in [-0.2, 0) is 4.74 Å². The Labute approximate surface area is 176 Å². The molecule has 0 saturated carbocycles. The molecule has 3 rings (SSSR count). The van der Waals surface area contributed by atoms with Crippen LogP contribution in [0.3, 0.4) is 0 Å². The van der Waals surface area contributed by atoms with Crippen LogP contribution in [0.2, 0.25) is 0 Å². The van der Waals surface area contributed by atoms with E-state index in [2.05, 4.69) is 19.8 Å². The second-order valence-corrected chi connectivity index (χ2v) is 7.84. The monoisotopic (exact) mass is 418 g/mol. The van der Waals surface area contributed by atoms with Gasteiger partial charge in [-0.2, -0.15) is 0 Å². The van der Waals surface area contributed by atoms with Crippen molar-refractivity contribution in [3.05, 3.63) is 41.5 Å². The number of aliphatic hydroxyl groups is 1. The van der Waals surface area contributed by atoms with Crippen molar-refractivity contribution in [2.24, 2.45) is 5.73 Å². The Morgan fingerprint density at radius 1 is 1.30 bits per heavy atom. The number of aromatic nitrogens is 2. The van der Waals surface area contributed by atoms with E-state index in [0.29, 0.717) is 11.3 Å². The predicted molar refractivity (Wildman–Crippen MR) is 114 cm³/mol. The highest BCUT2D eigenvalue weighted by molar-refractivity contribution is 6.12. The number of hydrogen-bond donors (Lipinski definition) is 3. The van der Waals surface area contributed by atoms with Gasteiger partial charge in [0.15, 0.2) is 6.17 Å². The number of aliphatic hydroxyl groups excluding tert-OH is 1. The number of nitrogens with zero attached hydrogens (tertiary/aromatic N) is 4. The molecule has 1 fully saturated rings. The smallest absolute Gasteiger partial charge is 0.150 e. The van der Waals surface area contributed by atoms with Gasteiger partial charge in [0.05, 0.1) is 17.5 Å². The van der Waals surface area contributed by atoms with Crippen molar-refractivity contribution in [3.63, 3.8) is 0 Å². The van der Waals surface area contributed by atoms with Crippen molar-refractivity contribution < 1.29 is 14.2 Å². The highest BCUT2D eigenvalue weighted by atomic mass is 19.1. The fourth-order valence-corrected chi connectivity index (χ4v) is 3.65. The Balaban J connectivity index is 1.72. The first-order valence-electron chi connectivity index (χ1n) is 10.4. The van der Waals surface area contributed by atoms with Gasteiger partial charge < -0.3 is 20.5 Å². The predicted octanol–water partition coefficient (Wildman–Crippen LogP) is 1.26. The molecule has 1 saturated heterocycles. The normalized spacial score (nSPS) is 22.8. The van der Waals surface area contributed by atoms with Gasteiger partial charge >= 0.3 is 0 Å². The first-order chi connectivity index (χ1) is 14.4. The number of alkyl halides is 1. The molecule has 1 aliphatic heterocycles. The molecule has 0 spiro atoms. The molecule has 0 bridgehead atoms. The molecular weight excluding hydrogens is 387 g/mol. The number of anilines is 1. The lowest BCUT2D eigenvalue weighted by Crippen LogP contribution is -2.47. The van der Waals surface area contributed by atoms with E-state index in [9.17, 15) is 4.39 Å². The third-order valence-corrected chi connectivity index (χ3v) is 5.23. The molecule has 9 heteroatoms. The molecule has 2 heterocycles. The summed E-state index contributed by atoms with van der Waals surface area (Å²) in [4.78, 5) is 13.1. The van der Waals surface area contributed by atoms with Crippen LogP contribution < -0.4 is 10.6 Å². The molecule has 2 aliphatic rings. The third-order valence-electron chi connectivity index (χ3n) is 5.23. The van der Waals surface area contributed by atoms with E-state index in [0.717, 1.165) is 45.0 Å². The van der Waals surface area contributed by atoms with Crippen LogP contribution in [0, 0.1) is 5.41 Å². The van der Waals surface area contributed by atoms with Crippen molar-refractivity contribution in [1.82, 2.24) is 14.9 Å². The third kappa shape index (κ3) is 5.41. The Morgan fingerprint density at radius 3 is 2.70 bits per heavy atom. The molecule has 1 aliphatic carbocycles. The maximum atomic E-state index is 14.3. The Morgan fingerprint density at radius 2 is 2.03 bits per heavy atom. The molecule has 4 N–H and O–H groups in total. The highest BCUT2D eigenvalue weighted by Gasteiger charge is 2.28. The largest absolute Gasteiger partial charge is 0.398 e. The van der Waals surface area contributed by atoms with Crippen molar-refractivity contribution >= 4 is 11.5 Å². The number of rotatable bonds is 8. The van der Waals surface area contributed by atoms with Crippen molar-refractivity contribution in [2.45, 2.75) is 38.6 Å². The van der Waals surface area contributed by atoms with Crippen LogP contribution in [0.25, 0.3) is 0 Å². The maximum Gasteiger partial charge on any atom is 0.150 e. The summed E-state index contributed by atoms with van der Waals surface area (Å²) in [5.41, 5.74) is 7.22. The van der Waals surface area contributed by atoms with Gasteiger partial charge in [0.25, 0.3) is 0 Å². The highest BCUT2D eigenvalue weighted by Crippen LogP contribution is 2.25. The first kappa shape index (κ1) is 22.3. The maximum absolute atomic E-state index is 14.3. The van der Waals surface area contributed by atoms with Crippen LogP contribution in [0.4, 0.5) is 10.2 Å². The molecule has 0 aromatic carbocycles. The van der Waals surface area contributed by atoms with E-state index in [-0.39, 0.29) is 24.1 Å². The SMILES string of the molecule is CC(C)OC1C=C(C(=N)c2cc(N3CCN(CCCO)CC3)ncn2)C(N)=CC1F. The summed E-state index contributed by atoms with van der Waals surface area (Å²) in [6, 6.07) is 1.78. The van der Waals surface area contributed by atoms with Crippen LogP contribution >= 0.6 is 0 Å². The molecule has 1 aromatic rings. The first-order valence-corrected chi connectivity index (χ1v) is 10.4. The molecule has 2 unspecified atom stereocenters. The number of piperazine rings is 1. The van der Waals surface area contributed by atoms with E-state index >= 15 is 0 Å². The summed E-state index contributed by atoms with van der Waals surface area (Å²) >= 11 is 0. The molecular formula is C21H31FN6O2. The molecule has 30 heavy (non-hydrogen) atoms. The van der Waals surface area contributed by atoms with Gasteiger partial charge in [-0.1, -0.05) is 0 Å². The minimum atomic E-state index is -1.34. The van der Waals surface area contributed by atoms with E-state index in [4.69, 9.17) is 21.0 Å². The Kier molecular flexibility index (Phi) is 7.52. The van der Waals surface area contributed by atoms with Crippen molar-refractivity contribution in [1.29, 1.82) is 5.41 Å². The number of nitrogens with two attached hydrogens (primary N) is 1. The standard InChI is InChI=1S/C21H31FN6O2/c1-14(2)30-19-10-15(17(23)11-16(19)22)21(24)18-12-20(26-13-25-18)28-7-5-27(6-8-28)4-3-9-29/h10-14,16,19,24,29H,3-9,23H2,1-2H3. The summed E-state index contributed by atoms with van der Waals surface area (Å²) in [5.74, 6) is 0.754. The van der Waals surface area contributed by atoms with Crippen LogP contribution in [0.15, 0.2) is 35.8 Å².